The fourth-order valence-electron chi connectivity index (χ4n) is 3.42. The summed E-state index contributed by atoms with van der Waals surface area (Å²) >= 11 is 12.1. The number of aromatic nitrogens is 2. The lowest BCUT2D eigenvalue weighted by molar-refractivity contribution is 0.415. The van der Waals surface area contributed by atoms with Crippen LogP contribution in [0.3, 0.4) is 0 Å². The largest absolute Gasteiger partial charge is 0.497 e. The normalized spacial score (nSPS) is 14.0. The average molecular weight is 445 g/mol. The Morgan fingerprint density at radius 1 is 0.933 bits per heavy atom. The molecule has 0 aliphatic carbocycles. The van der Waals surface area contributed by atoms with E-state index >= 15 is 0 Å². The Bertz CT molecular complexity index is 1020. The number of piperazine rings is 1. The molecule has 1 aromatic heterocycles. The van der Waals surface area contributed by atoms with Crippen LogP contribution in [0.2, 0.25) is 10.0 Å². The van der Waals surface area contributed by atoms with Gasteiger partial charge >= 0.3 is 0 Å². The number of anilines is 5. The van der Waals surface area contributed by atoms with E-state index in [-0.39, 0.29) is 0 Å². The molecule has 1 aliphatic heterocycles. The van der Waals surface area contributed by atoms with Gasteiger partial charge in [-0.2, -0.15) is 0 Å². The number of nitrogens with zero attached hydrogens (tertiary/aromatic N) is 4. The maximum atomic E-state index is 6.39. The molecule has 0 saturated carbocycles. The van der Waals surface area contributed by atoms with Crippen LogP contribution in [0.1, 0.15) is 0 Å². The molecule has 1 fully saturated rings. The number of nitrogens with one attached hydrogen (secondary N) is 1. The molecule has 4 rings (SSSR count). The van der Waals surface area contributed by atoms with E-state index in [1.807, 2.05) is 18.2 Å². The second-order valence-electron chi connectivity index (χ2n) is 6.89. The summed E-state index contributed by atoms with van der Waals surface area (Å²) in [7, 11) is 1.67. The Morgan fingerprint density at radius 2 is 1.63 bits per heavy atom. The van der Waals surface area contributed by atoms with Crippen LogP contribution < -0.4 is 25.6 Å². The zero-order chi connectivity index (χ0) is 21.1. The molecule has 3 N–H and O–H groups in total. The number of hydrogen-bond acceptors (Lipinski definition) is 7. The molecule has 1 aliphatic rings. The Labute approximate surface area is 185 Å². The SMILES string of the molecule is COc1ccc(N2CCN(c3ncnc(Nc4ccc(Cl)c(Cl)c4)c3N)CC2)cc1. The monoisotopic (exact) mass is 444 g/mol. The van der Waals surface area contributed by atoms with Crippen molar-refractivity contribution in [3.05, 3.63) is 58.8 Å². The van der Waals surface area contributed by atoms with Gasteiger partial charge in [0.15, 0.2) is 11.6 Å². The predicted octanol–water partition coefficient (Wildman–Crippen LogP) is 4.44. The molecule has 2 aromatic carbocycles. The van der Waals surface area contributed by atoms with Gasteiger partial charge in [0.05, 0.1) is 17.2 Å². The summed E-state index contributed by atoms with van der Waals surface area (Å²) in [6.07, 6.45) is 1.52. The van der Waals surface area contributed by atoms with E-state index in [0.717, 1.165) is 43.4 Å². The van der Waals surface area contributed by atoms with E-state index in [4.69, 9.17) is 33.7 Å². The third-order valence-electron chi connectivity index (χ3n) is 5.06. The molecule has 0 radical (unpaired) electrons. The molecule has 0 atom stereocenters. The number of hydrogen-bond donors (Lipinski definition) is 2. The fraction of sp³-hybridized carbons (Fsp3) is 0.238. The molecule has 9 heteroatoms. The lowest BCUT2D eigenvalue weighted by Crippen LogP contribution is -2.47. The molecule has 1 saturated heterocycles. The van der Waals surface area contributed by atoms with E-state index in [1.54, 1.807) is 19.2 Å². The van der Waals surface area contributed by atoms with Crippen molar-refractivity contribution in [2.24, 2.45) is 0 Å². The zero-order valence-electron chi connectivity index (χ0n) is 16.5. The van der Waals surface area contributed by atoms with Crippen LogP contribution in [0.25, 0.3) is 0 Å². The third-order valence-corrected chi connectivity index (χ3v) is 5.80. The number of nitrogens with two attached hydrogens (primary N) is 1. The summed E-state index contributed by atoms with van der Waals surface area (Å²) in [6.45, 7) is 3.34. The van der Waals surface area contributed by atoms with Crippen LogP contribution in [0.4, 0.5) is 28.7 Å². The van der Waals surface area contributed by atoms with Crippen molar-refractivity contribution in [2.45, 2.75) is 0 Å². The van der Waals surface area contributed by atoms with E-state index in [9.17, 15) is 0 Å². The van der Waals surface area contributed by atoms with Crippen molar-refractivity contribution in [1.29, 1.82) is 0 Å². The van der Waals surface area contributed by atoms with Crippen LogP contribution in [0, 0.1) is 0 Å². The van der Waals surface area contributed by atoms with Crippen molar-refractivity contribution in [2.75, 3.05) is 54.1 Å². The molecule has 2 heterocycles. The van der Waals surface area contributed by atoms with Gasteiger partial charge < -0.3 is 25.6 Å². The summed E-state index contributed by atoms with van der Waals surface area (Å²) in [4.78, 5) is 13.2. The van der Waals surface area contributed by atoms with Gasteiger partial charge in [0.2, 0.25) is 0 Å². The van der Waals surface area contributed by atoms with Crippen LogP contribution >= 0.6 is 23.2 Å². The van der Waals surface area contributed by atoms with Crippen molar-refractivity contribution >= 4 is 51.9 Å². The molecule has 0 unspecified atom stereocenters. The fourth-order valence-corrected chi connectivity index (χ4v) is 3.72. The molecule has 156 valence electrons. The minimum Gasteiger partial charge on any atom is -0.497 e. The smallest absolute Gasteiger partial charge is 0.159 e. The molecule has 0 spiro atoms. The highest BCUT2D eigenvalue weighted by Gasteiger charge is 2.21. The quantitative estimate of drug-likeness (QED) is 0.601. The lowest BCUT2D eigenvalue weighted by Gasteiger charge is -2.37. The minimum atomic E-state index is 0.462. The molecule has 0 amide bonds. The van der Waals surface area contributed by atoms with Gasteiger partial charge in [0.1, 0.15) is 17.8 Å². The molecule has 7 nitrogen and oxygen atoms in total. The average Bonchev–Trinajstić information content (AvgIpc) is 2.78. The second kappa shape index (κ2) is 8.85. The van der Waals surface area contributed by atoms with Crippen molar-refractivity contribution in [1.82, 2.24) is 9.97 Å². The van der Waals surface area contributed by atoms with E-state index in [0.29, 0.717) is 21.6 Å². The van der Waals surface area contributed by atoms with Gasteiger partial charge in [-0.3, -0.25) is 0 Å². The number of nitrogen functional groups attached to an aromatic ring is 1. The Kier molecular flexibility index (Phi) is 6.01. The predicted molar refractivity (Wildman–Crippen MR) is 124 cm³/mol. The third kappa shape index (κ3) is 4.32. The van der Waals surface area contributed by atoms with Gasteiger partial charge in [-0.1, -0.05) is 23.2 Å². The Balaban J connectivity index is 1.45. The molecule has 30 heavy (non-hydrogen) atoms. The molecular formula is C21H22Cl2N6O. The summed E-state index contributed by atoms with van der Waals surface area (Å²) in [5.74, 6) is 2.12. The van der Waals surface area contributed by atoms with Gasteiger partial charge in [0, 0.05) is 37.6 Å². The topological polar surface area (TPSA) is 79.5 Å². The van der Waals surface area contributed by atoms with Crippen LogP contribution in [0.15, 0.2) is 48.8 Å². The highest BCUT2D eigenvalue weighted by molar-refractivity contribution is 6.42. The van der Waals surface area contributed by atoms with Crippen LogP contribution in [-0.2, 0) is 0 Å². The molecule has 3 aromatic rings. The first-order valence-corrected chi connectivity index (χ1v) is 10.3. The van der Waals surface area contributed by atoms with Gasteiger partial charge in [-0.05, 0) is 42.5 Å². The number of halogens is 2. The lowest BCUT2D eigenvalue weighted by atomic mass is 10.2. The number of ether oxygens (including phenoxy) is 1. The van der Waals surface area contributed by atoms with Crippen LogP contribution in [0.5, 0.6) is 5.75 Å². The standard InChI is InChI=1S/C21H22Cl2N6O/c1-30-16-5-3-15(4-6-16)28-8-10-29(11-9-28)21-19(24)20(25-13-26-21)27-14-2-7-17(22)18(23)12-14/h2-7,12-13H,8-11,24H2,1H3,(H,25,26,27). The van der Waals surface area contributed by atoms with E-state index in [2.05, 4.69) is 37.2 Å². The first-order chi connectivity index (χ1) is 14.5. The maximum absolute atomic E-state index is 6.39. The first kappa shape index (κ1) is 20.4. The van der Waals surface area contributed by atoms with Crippen LogP contribution in [-0.4, -0.2) is 43.3 Å². The molecular weight excluding hydrogens is 423 g/mol. The maximum Gasteiger partial charge on any atom is 0.159 e. The van der Waals surface area contributed by atoms with Crippen molar-refractivity contribution < 1.29 is 4.74 Å². The zero-order valence-corrected chi connectivity index (χ0v) is 18.0. The van der Waals surface area contributed by atoms with Crippen molar-refractivity contribution in [3.8, 4) is 5.75 Å². The van der Waals surface area contributed by atoms with E-state index < -0.39 is 0 Å². The number of benzene rings is 2. The van der Waals surface area contributed by atoms with Gasteiger partial charge in [-0.15, -0.1) is 0 Å². The first-order valence-electron chi connectivity index (χ1n) is 9.51. The highest BCUT2D eigenvalue weighted by atomic mass is 35.5. The number of rotatable bonds is 5. The number of methoxy groups -OCH3 is 1. The second-order valence-corrected chi connectivity index (χ2v) is 7.70. The van der Waals surface area contributed by atoms with Crippen molar-refractivity contribution in [3.63, 3.8) is 0 Å². The summed E-state index contributed by atoms with van der Waals surface area (Å²) in [5.41, 5.74) is 8.82. The van der Waals surface area contributed by atoms with Gasteiger partial charge in [0.25, 0.3) is 0 Å². The summed E-state index contributed by atoms with van der Waals surface area (Å²) in [5, 5.41) is 4.15. The Hall–Kier alpha value is -2.90. The minimum absolute atomic E-state index is 0.462. The summed E-state index contributed by atoms with van der Waals surface area (Å²) in [6, 6.07) is 13.4. The van der Waals surface area contributed by atoms with E-state index in [1.165, 1.54) is 12.0 Å². The van der Waals surface area contributed by atoms with Gasteiger partial charge in [-0.25, -0.2) is 9.97 Å². The molecule has 0 bridgehead atoms. The Morgan fingerprint density at radius 3 is 2.30 bits per heavy atom. The highest BCUT2D eigenvalue weighted by Crippen LogP contribution is 2.32. The summed E-state index contributed by atoms with van der Waals surface area (Å²) < 4.78 is 5.24.